The summed E-state index contributed by atoms with van der Waals surface area (Å²) in [6, 6.07) is 0. The second-order valence-corrected chi connectivity index (χ2v) is 7.54. The predicted molar refractivity (Wildman–Crippen MR) is 79.4 cm³/mol. The van der Waals surface area contributed by atoms with E-state index in [1.807, 2.05) is 0 Å². The van der Waals surface area contributed by atoms with Crippen molar-refractivity contribution in [3.8, 4) is 0 Å². The second kappa shape index (κ2) is 7.32. The van der Waals surface area contributed by atoms with Gasteiger partial charge >= 0.3 is 6.18 Å². The van der Waals surface area contributed by atoms with Crippen LogP contribution in [0.15, 0.2) is 0 Å². The molecule has 0 saturated heterocycles. The van der Waals surface area contributed by atoms with Crippen LogP contribution in [0.1, 0.15) is 66.2 Å². The fourth-order valence-corrected chi connectivity index (χ4v) is 2.65. The number of hydrogen-bond donors (Lipinski definition) is 1. The van der Waals surface area contributed by atoms with E-state index in [4.69, 9.17) is 4.74 Å². The number of halogens is 3. The van der Waals surface area contributed by atoms with Crippen LogP contribution in [0.4, 0.5) is 13.2 Å². The lowest BCUT2D eigenvalue weighted by atomic mass is 9.79. The van der Waals surface area contributed by atoms with Gasteiger partial charge in [-0.05, 0) is 58.8 Å². The smallest absolute Gasteiger partial charge is 0.374 e. The van der Waals surface area contributed by atoms with Crippen molar-refractivity contribution in [1.29, 1.82) is 0 Å². The summed E-state index contributed by atoms with van der Waals surface area (Å²) in [5.74, 6) is 0.687. The lowest BCUT2D eigenvalue weighted by molar-refractivity contribution is -0.144. The predicted octanol–water partition coefficient (Wildman–Crippen LogP) is 4.68. The van der Waals surface area contributed by atoms with Crippen LogP contribution < -0.4 is 5.32 Å². The zero-order valence-corrected chi connectivity index (χ0v) is 13.8. The maximum atomic E-state index is 12.2. The molecule has 1 rings (SSSR count). The highest BCUT2D eigenvalue weighted by Crippen LogP contribution is 2.35. The van der Waals surface area contributed by atoms with Crippen molar-refractivity contribution in [3.05, 3.63) is 0 Å². The SMILES string of the molecule is CC1CCC(CNC(C)(C)C)(OCCCC(F)(F)F)CC1. The number of alkyl halides is 3. The van der Waals surface area contributed by atoms with E-state index in [0.717, 1.165) is 32.2 Å². The van der Waals surface area contributed by atoms with Crippen molar-refractivity contribution in [3.63, 3.8) is 0 Å². The minimum atomic E-state index is -4.08. The largest absolute Gasteiger partial charge is 0.389 e. The fraction of sp³-hybridized carbons (Fsp3) is 1.00. The summed E-state index contributed by atoms with van der Waals surface area (Å²) in [7, 11) is 0. The molecule has 0 bridgehead atoms. The summed E-state index contributed by atoms with van der Waals surface area (Å²) in [5, 5.41) is 3.46. The number of rotatable bonds is 6. The van der Waals surface area contributed by atoms with Crippen molar-refractivity contribution >= 4 is 0 Å². The van der Waals surface area contributed by atoms with Crippen LogP contribution in [-0.4, -0.2) is 30.5 Å². The molecule has 0 aromatic rings. The molecule has 21 heavy (non-hydrogen) atoms. The van der Waals surface area contributed by atoms with E-state index in [1.54, 1.807) is 0 Å². The standard InChI is InChI=1S/C16H30F3NO/c1-13-6-9-15(10-7-13,12-20-14(2,3)4)21-11-5-8-16(17,18)19/h13,20H,5-12H2,1-4H3. The first-order valence-corrected chi connectivity index (χ1v) is 7.97. The molecule has 1 aliphatic carbocycles. The Balaban J connectivity index is 2.48. The molecule has 0 aromatic heterocycles. The molecule has 0 atom stereocenters. The van der Waals surface area contributed by atoms with E-state index in [2.05, 4.69) is 33.0 Å². The van der Waals surface area contributed by atoms with E-state index in [0.29, 0.717) is 5.92 Å². The first-order chi connectivity index (χ1) is 9.52. The van der Waals surface area contributed by atoms with Gasteiger partial charge in [0, 0.05) is 25.1 Å². The molecule has 2 nitrogen and oxygen atoms in total. The van der Waals surface area contributed by atoms with Crippen LogP contribution in [0, 0.1) is 5.92 Å². The van der Waals surface area contributed by atoms with Crippen molar-refractivity contribution < 1.29 is 17.9 Å². The normalized spacial score (nSPS) is 27.9. The van der Waals surface area contributed by atoms with Crippen LogP contribution in [0.25, 0.3) is 0 Å². The van der Waals surface area contributed by atoms with Crippen molar-refractivity contribution in [2.24, 2.45) is 5.92 Å². The maximum absolute atomic E-state index is 12.2. The lowest BCUT2D eigenvalue weighted by Gasteiger charge is -2.41. The van der Waals surface area contributed by atoms with E-state index in [1.165, 1.54) is 0 Å². The second-order valence-electron chi connectivity index (χ2n) is 7.54. The third kappa shape index (κ3) is 8.05. The Morgan fingerprint density at radius 3 is 2.19 bits per heavy atom. The molecule has 0 aromatic carbocycles. The minimum Gasteiger partial charge on any atom is -0.374 e. The Labute approximate surface area is 126 Å². The van der Waals surface area contributed by atoms with Crippen LogP contribution >= 0.6 is 0 Å². The average molecular weight is 309 g/mol. The number of ether oxygens (including phenoxy) is 1. The lowest BCUT2D eigenvalue weighted by Crippen LogP contribution is -2.51. The van der Waals surface area contributed by atoms with Gasteiger partial charge in [0.15, 0.2) is 0 Å². The van der Waals surface area contributed by atoms with Gasteiger partial charge in [0.2, 0.25) is 0 Å². The Kier molecular flexibility index (Phi) is 6.54. The molecular weight excluding hydrogens is 279 g/mol. The highest BCUT2D eigenvalue weighted by molar-refractivity contribution is 4.90. The van der Waals surface area contributed by atoms with Gasteiger partial charge < -0.3 is 10.1 Å². The van der Waals surface area contributed by atoms with Gasteiger partial charge in [-0.25, -0.2) is 0 Å². The summed E-state index contributed by atoms with van der Waals surface area (Å²) in [6.45, 7) is 9.42. The third-order valence-corrected chi connectivity index (χ3v) is 4.14. The van der Waals surface area contributed by atoms with Crippen LogP contribution in [0.5, 0.6) is 0 Å². The molecule has 1 N–H and O–H groups in total. The average Bonchev–Trinajstić information content (AvgIpc) is 2.34. The first kappa shape index (κ1) is 18.8. The van der Waals surface area contributed by atoms with Crippen LogP contribution in [0.3, 0.4) is 0 Å². The molecule has 0 aliphatic heterocycles. The fourth-order valence-electron chi connectivity index (χ4n) is 2.65. The Hall–Kier alpha value is -0.290. The van der Waals surface area contributed by atoms with Gasteiger partial charge in [0.1, 0.15) is 0 Å². The molecule has 5 heteroatoms. The first-order valence-electron chi connectivity index (χ1n) is 7.97. The zero-order valence-electron chi connectivity index (χ0n) is 13.8. The van der Waals surface area contributed by atoms with Gasteiger partial charge in [0.05, 0.1) is 5.60 Å². The topological polar surface area (TPSA) is 21.3 Å². The van der Waals surface area contributed by atoms with Crippen LogP contribution in [0.2, 0.25) is 0 Å². The van der Waals surface area contributed by atoms with E-state index in [9.17, 15) is 13.2 Å². The van der Waals surface area contributed by atoms with Gasteiger partial charge in [0.25, 0.3) is 0 Å². The van der Waals surface area contributed by atoms with E-state index >= 15 is 0 Å². The molecule has 0 heterocycles. The van der Waals surface area contributed by atoms with Gasteiger partial charge in [-0.15, -0.1) is 0 Å². The van der Waals surface area contributed by atoms with Crippen LogP contribution in [-0.2, 0) is 4.74 Å². The maximum Gasteiger partial charge on any atom is 0.389 e. The molecule has 0 radical (unpaired) electrons. The molecule has 0 amide bonds. The zero-order chi connectivity index (χ0) is 16.1. The third-order valence-electron chi connectivity index (χ3n) is 4.14. The highest BCUT2D eigenvalue weighted by atomic mass is 19.4. The molecular formula is C16H30F3NO. The number of nitrogens with one attached hydrogen (secondary N) is 1. The number of hydrogen-bond acceptors (Lipinski definition) is 2. The summed E-state index contributed by atoms with van der Waals surface area (Å²) in [4.78, 5) is 0. The Morgan fingerprint density at radius 2 is 1.71 bits per heavy atom. The van der Waals surface area contributed by atoms with Crippen molar-refractivity contribution in [2.45, 2.75) is 83.5 Å². The van der Waals surface area contributed by atoms with Gasteiger partial charge in [-0.3, -0.25) is 0 Å². The highest BCUT2D eigenvalue weighted by Gasteiger charge is 2.36. The molecule has 1 saturated carbocycles. The molecule has 0 spiro atoms. The quantitative estimate of drug-likeness (QED) is 0.719. The minimum absolute atomic E-state index is 0.00854. The van der Waals surface area contributed by atoms with Gasteiger partial charge in [-0.2, -0.15) is 13.2 Å². The van der Waals surface area contributed by atoms with Gasteiger partial charge in [-0.1, -0.05) is 6.92 Å². The monoisotopic (exact) mass is 309 g/mol. The molecule has 0 unspecified atom stereocenters. The van der Waals surface area contributed by atoms with Crippen molar-refractivity contribution in [1.82, 2.24) is 5.32 Å². The molecule has 1 aliphatic rings. The Bertz CT molecular complexity index is 302. The summed E-state index contributed by atoms with van der Waals surface area (Å²) in [5.41, 5.74) is -0.295. The Morgan fingerprint density at radius 1 is 1.14 bits per heavy atom. The molecule has 126 valence electrons. The summed E-state index contributed by atoms with van der Waals surface area (Å²) >= 11 is 0. The van der Waals surface area contributed by atoms with Crippen molar-refractivity contribution in [2.75, 3.05) is 13.2 Å². The molecule has 1 fully saturated rings. The summed E-state index contributed by atoms with van der Waals surface area (Å²) in [6.07, 6.45) is -0.744. The summed E-state index contributed by atoms with van der Waals surface area (Å²) < 4.78 is 42.6. The van der Waals surface area contributed by atoms with E-state index < -0.39 is 12.6 Å². The van der Waals surface area contributed by atoms with E-state index in [-0.39, 0.29) is 24.2 Å².